The summed E-state index contributed by atoms with van der Waals surface area (Å²) in [6.07, 6.45) is 1.65. The Morgan fingerprint density at radius 1 is 1.44 bits per heavy atom. The molecule has 1 aromatic heterocycles. The molecule has 0 saturated carbocycles. The lowest BCUT2D eigenvalue weighted by molar-refractivity contribution is 0.0944. The third-order valence-corrected chi connectivity index (χ3v) is 2.30. The summed E-state index contributed by atoms with van der Waals surface area (Å²) in [6.45, 7) is 6.12. The van der Waals surface area contributed by atoms with Crippen molar-refractivity contribution in [3.8, 4) is 0 Å². The summed E-state index contributed by atoms with van der Waals surface area (Å²) in [4.78, 5) is 15.8. The summed E-state index contributed by atoms with van der Waals surface area (Å²) in [5.74, 6) is 0.302. The first-order chi connectivity index (χ1) is 8.63. The lowest BCUT2D eigenvalue weighted by Crippen LogP contribution is -2.28. The first-order valence-corrected chi connectivity index (χ1v) is 6.10. The monoisotopic (exact) mass is 251 g/mol. The molecule has 5 nitrogen and oxygen atoms in total. The van der Waals surface area contributed by atoms with E-state index in [1.807, 2.05) is 6.07 Å². The van der Waals surface area contributed by atoms with Gasteiger partial charge in [-0.2, -0.15) is 0 Å². The molecule has 0 aliphatic heterocycles. The first kappa shape index (κ1) is 14.4. The third-order valence-electron chi connectivity index (χ3n) is 2.30. The van der Waals surface area contributed by atoms with Gasteiger partial charge in [0.15, 0.2) is 0 Å². The number of carbonyl (C=O) groups excluding carboxylic acids is 1. The summed E-state index contributed by atoms with van der Waals surface area (Å²) in [6, 6.07) is 3.55. The van der Waals surface area contributed by atoms with Gasteiger partial charge in [0, 0.05) is 20.2 Å². The first-order valence-electron chi connectivity index (χ1n) is 6.10. The highest BCUT2D eigenvalue weighted by Crippen LogP contribution is 2.05. The third kappa shape index (κ3) is 5.14. The normalized spacial score (nSPS) is 10.4. The van der Waals surface area contributed by atoms with Crippen molar-refractivity contribution >= 4 is 11.6 Å². The number of anilines is 1. The molecule has 100 valence electrons. The maximum atomic E-state index is 11.7. The van der Waals surface area contributed by atoms with Crippen LogP contribution in [0.5, 0.6) is 0 Å². The van der Waals surface area contributed by atoms with Gasteiger partial charge in [-0.25, -0.2) is 4.98 Å². The quantitative estimate of drug-likeness (QED) is 0.721. The molecule has 0 aromatic carbocycles. The highest BCUT2D eigenvalue weighted by Gasteiger charge is 2.06. The number of hydrogen-bond acceptors (Lipinski definition) is 4. The fourth-order valence-electron chi connectivity index (χ4n) is 1.32. The second-order valence-electron chi connectivity index (χ2n) is 4.46. The fraction of sp³-hybridized carbons (Fsp3) is 0.538. The minimum atomic E-state index is -0.132. The number of carbonyl (C=O) groups is 1. The largest absolute Gasteiger partial charge is 0.383 e. The van der Waals surface area contributed by atoms with Crippen molar-refractivity contribution in [2.24, 2.45) is 5.92 Å². The Kier molecular flexibility index (Phi) is 6.14. The Bertz CT molecular complexity index is 363. The van der Waals surface area contributed by atoms with Crippen LogP contribution in [0.2, 0.25) is 0 Å². The molecule has 5 heteroatoms. The highest BCUT2D eigenvalue weighted by molar-refractivity contribution is 5.92. The smallest absolute Gasteiger partial charge is 0.269 e. The van der Waals surface area contributed by atoms with Crippen molar-refractivity contribution in [2.75, 3.05) is 32.1 Å². The van der Waals surface area contributed by atoms with Gasteiger partial charge in [-0.15, -0.1) is 0 Å². The van der Waals surface area contributed by atoms with Crippen LogP contribution >= 0.6 is 0 Å². The van der Waals surface area contributed by atoms with E-state index < -0.39 is 0 Å². The molecule has 1 heterocycles. The van der Waals surface area contributed by atoms with Gasteiger partial charge in [-0.3, -0.25) is 4.79 Å². The number of nitrogens with zero attached hydrogens (tertiary/aromatic N) is 1. The number of amides is 1. The molecule has 0 unspecified atom stereocenters. The Labute approximate surface area is 108 Å². The number of rotatable bonds is 7. The van der Waals surface area contributed by atoms with Crippen LogP contribution in [-0.2, 0) is 4.74 Å². The van der Waals surface area contributed by atoms with E-state index in [1.165, 1.54) is 0 Å². The SMILES string of the molecule is COCCNc1ccc(C(=O)NCC(C)C)nc1. The van der Waals surface area contributed by atoms with Crippen molar-refractivity contribution in [3.63, 3.8) is 0 Å². The molecular formula is C13H21N3O2. The maximum Gasteiger partial charge on any atom is 0.269 e. The van der Waals surface area contributed by atoms with E-state index in [-0.39, 0.29) is 5.91 Å². The van der Waals surface area contributed by atoms with Crippen LogP contribution in [-0.4, -0.2) is 37.7 Å². The lowest BCUT2D eigenvalue weighted by Gasteiger charge is -2.08. The number of methoxy groups -OCH3 is 1. The zero-order chi connectivity index (χ0) is 13.4. The van der Waals surface area contributed by atoms with Crippen LogP contribution in [0.1, 0.15) is 24.3 Å². The molecule has 1 aromatic rings. The molecule has 0 aliphatic carbocycles. The van der Waals surface area contributed by atoms with Gasteiger partial charge in [0.25, 0.3) is 5.91 Å². The fourth-order valence-corrected chi connectivity index (χ4v) is 1.32. The van der Waals surface area contributed by atoms with E-state index >= 15 is 0 Å². The topological polar surface area (TPSA) is 63.2 Å². The molecule has 1 rings (SSSR count). The van der Waals surface area contributed by atoms with E-state index in [0.29, 0.717) is 24.8 Å². The lowest BCUT2D eigenvalue weighted by atomic mass is 10.2. The molecule has 0 aliphatic rings. The van der Waals surface area contributed by atoms with Crippen molar-refractivity contribution in [1.82, 2.24) is 10.3 Å². The minimum Gasteiger partial charge on any atom is -0.383 e. The molecule has 0 spiro atoms. The van der Waals surface area contributed by atoms with Gasteiger partial charge in [0.2, 0.25) is 0 Å². The number of hydrogen-bond donors (Lipinski definition) is 2. The van der Waals surface area contributed by atoms with E-state index in [9.17, 15) is 4.79 Å². The zero-order valence-corrected chi connectivity index (χ0v) is 11.2. The summed E-state index contributed by atoms with van der Waals surface area (Å²) >= 11 is 0. The number of ether oxygens (including phenoxy) is 1. The molecule has 1 amide bonds. The van der Waals surface area contributed by atoms with Crippen LogP contribution < -0.4 is 10.6 Å². The molecule has 0 fully saturated rings. The molecule has 0 bridgehead atoms. The molecule has 0 atom stereocenters. The Hall–Kier alpha value is -1.62. The number of nitrogens with one attached hydrogen (secondary N) is 2. The summed E-state index contributed by atoms with van der Waals surface area (Å²) in [5.41, 5.74) is 1.32. The average molecular weight is 251 g/mol. The maximum absolute atomic E-state index is 11.7. The second kappa shape index (κ2) is 7.66. The van der Waals surface area contributed by atoms with E-state index in [0.717, 1.165) is 12.2 Å². The zero-order valence-electron chi connectivity index (χ0n) is 11.2. The Morgan fingerprint density at radius 3 is 2.78 bits per heavy atom. The Morgan fingerprint density at radius 2 is 2.22 bits per heavy atom. The van der Waals surface area contributed by atoms with Crippen LogP contribution in [0, 0.1) is 5.92 Å². The molecule has 18 heavy (non-hydrogen) atoms. The molecule has 0 saturated heterocycles. The van der Waals surface area contributed by atoms with Gasteiger partial charge >= 0.3 is 0 Å². The van der Waals surface area contributed by atoms with Crippen molar-refractivity contribution in [2.45, 2.75) is 13.8 Å². The van der Waals surface area contributed by atoms with E-state index in [4.69, 9.17) is 4.74 Å². The summed E-state index contributed by atoms with van der Waals surface area (Å²) < 4.78 is 4.93. The number of aromatic nitrogens is 1. The standard InChI is InChI=1S/C13H21N3O2/c1-10(2)8-16-13(17)12-5-4-11(9-15-12)14-6-7-18-3/h4-5,9-10,14H,6-8H2,1-3H3,(H,16,17). The molecule has 2 N–H and O–H groups in total. The number of pyridine rings is 1. The highest BCUT2D eigenvalue weighted by atomic mass is 16.5. The van der Waals surface area contributed by atoms with Gasteiger partial charge in [-0.05, 0) is 18.1 Å². The van der Waals surface area contributed by atoms with Gasteiger partial charge in [0.05, 0.1) is 18.5 Å². The van der Waals surface area contributed by atoms with Crippen LogP contribution in [0.15, 0.2) is 18.3 Å². The Balaban J connectivity index is 2.46. The van der Waals surface area contributed by atoms with Gasteiger partial charge in [0.1, 0.15) is 5.69 Å². The van der Waals surface area contributed by atoms with Crippen molar-refractivity contribution < 1.29 is 9.53 Å². The van der Waals surface area contributed by atoms with E-state index in [2.05, 4.69) is 29.5 Å². The van der Waals surface area contributed by atoms with E-state index in [1.54, 1.807) is 19.4 Å². The molecule has 0 radical (unpaired) electrons. The predicted octanol–water partition coefficient (Wildman–Crippen LogP) is 1.53. The van der Waals surface area contributed by atoms with Crippen LogP contribution in [0.3, 0.4) is 0 Å². The average Bonchev–Trinajstić information content (AvgIpc) is 2.37. The van der Waals surface area contributed by atoms with Crippen LogP contribution in [0.25, 0.3) is 0 Å². The summed E-state index contributed by atoms with van der Waals surface area (Å²) in [7, 11) is 1.65. The molecular weight excluding hydrogens is 230 g/mol. The van der Waals surface area contributed by atoms with Gasteiger partial charge in [-0.1, -0.05) is 13.8 Å². The van der Waals surface area contributed by atoms with Gasteiger partial charge < -0.3 is 15.4 Å². The van der Waals surface area contributed by atoms with Crippen LogP contribution in [0.4, 0.5) is 5.69 Å². The summed E-state index contributed by atoms with van der Waals surface area (Å²) in [5, 5.41) is 5.97. The minimum absolute atomic E-state index is 0.132. The predicted molar refractivity (Wildman–Crippen MR) is 71.8 cm³/mol. The van der Waals surface area contributed by atoms with Crippen molar-refractivity contribution in [1.29, 1.82) is 0 Å². The second-order valence-corrected chi connectivity index (χ2v) is 4.46. The van der Waals surface area contributed by atoms with Crippen molar-refractivity contribution in [3.05, 3.63) is 24.0 Å².